The molecule has 0 aliphatic rings. The van der Waals surface area contributed by atoms with E-state index in [2.05, 4.69) is 302 Å². The van der Waals surface area contributed by atoms with Crippen LogP contribution in [0.2, 0.25) is 0 Å². The van der Waals surface area contributed by atoms with Crippen LogP contribution in [-0.4, -0.2) is 24.5 Å². The van der Waals surface area contributed by atoms with Gasteiger partial charge < -0.3 is 12.5 Å². The largest absolute Gasteiger partial charge is 1.00 e. The maximum absolute atomic E-state index is 11.1. The zero-order chi connectivity index (χ0) is 63.1. The predicted octanol–water partition coefficient (Wildman–Crippen LogP) is 16.8. The second kappa shape index (κ2) is 28.0. The predicted molar refractivity (Wildman–Crippen MR) is 398 cm³/mol. The number of imidazole rings is 1. The molecule has 0 spiro atoms. The first-order chi connectivity index (χ1) is 46.3. The van der Waals surface area contributed by atoms with Gasteiger partial charge >= 0.3 is 37.7 Å². The van der Waals surface area contributed by atoms with Gasteiger partial charge in [-0.2, -0.15) is 0 Å². The molecule has 18 aromatic rings. The van der Waals surface area contributed by atoms with Gasteiger partial charge in [-0.1, -0.05) is 267 Å². The molecule has 6 nitrogen and oxygen atoms in total. The molecule has 18 rings (SSSR count). The Morgan fingerprint density at radius 3 is 1.32 bits per heavy atom. The van der Waals surface area contributed by atoms with E-state index in [1.54, 1.807) is 12.3 Å². The minimum absolute atomic E-state index is 0. The molecule has 0 unspecified atom stereocenters. The molecule has 14 aromatic carbocycles. The summed E-state index contributed by atoms with van der Waals surface area (Å²) in [4.78, 5) is 18.9. The second-order valence-corrected chi connectivity index (χ2v) is 23.9. The second-order valence-electron chi connectivity index (χ2n) is 23.9. The summed E-state index contributed by atoms with van der Waals surface area (Å²) in [6.45, 7) is 4.11. The van der Waals surface area contributed by atoms with Crippen LogP contribution in [0.1, 0.15) is 11.4 Å². The molecule has 0 atom stereocenters. The van der Waals surface area contributed by atoms with E-state index >= 15 is 0 Å². The maximum atomic E-state index is 11.1. The Bertz CT molecular complexity index is 5790. The van der Waals surface area contributed by atoms with Crippen LogP contribution in [0.5, 0.6) is 5.75 Å². The van der Waals surface area contributed by atoms with Gasteiger partial charge in [0.05, 0.1) is 27.6 Å². The van der Waals surface area contributed by atoms with Gasteiger partial charge in [-0.25, -0.2) is 4.98 Å². The number of nitrogens with zero attached hydrogens (tertiary/aromatic N) is 5. The summed E-state index contributed by atoms with van der Waals surface area (Å²) in [5.74, 6) is 0.922. The van der Waals surface area contributed by atoms with Crippen molar-refractivity contribution in [3.05, 3.63) is 347 Å². The van der Waals surface area contributed by atoms with Crippen molar-refractivity contribution >= 4 is 86.8 Å². The van der Waals surface area contributed by atoms with Crippen LogP contribution in [0.25, 0.3) is 160 Å². The molecule has 0 saturated heterocycles. The first-order valence-electron chi connectivity index (χ1n) is 31.8. The average molecular weight is 1230 g/mol. The smallest absolute Gasteiger partial charge is 0.871 e. The molecule has 0 amide bonds. The van der Waals surface area contributed by atoms with Crippen LogP contribution >= 0.6 is 0 Å². The van der Waals surface area contributed by atoms with Crippen molar-refractivity contribution in [2.75, 3.05) is 0 Å². The molecule has 4 heterocycles. The normalized spacial score (nSPS) is 11.0. The van der Waals surface area contributed by atoms with Crippen molar-refractivity contribution in [3.63, 3.8) is 0 Å². The number of rotatable bonds is 7. The topological polar surface area (TPSA) is 79.5 Å². The number of hydrogen-bond donors (Lipinski definition) is 0. The number of aryl methyl sites for hydroxylation is 2. The Morgan fingerprint density at radius 2 is 0.742 bits per heavy atom. The third kappa shape index (κ3) is 12.5. The third-order valence-corrected chi connectivity index (χ3v) is 17.9. The quantitative estimate of drug-likeness (QED) is 0.0687. The van der Waals surface area contributed by atoms with Crippen molar-refractivity contribution in [1.29, 1.82) is 0 Å². The average Bonchev–Trinajstić information content (AvgIpc) is 1.35. The maximum Gasteiger partial charge on any atom is 1.00 e. The van der Waals surface area contributed by atoms with E-state index in [0.29, 0.717) is 5.52 Å². The number of aromatic nitrogens is 5. The van der Waals surface area contributed by atoms with Crippen molar-refractivity contribution in [3.8, 4) is 78.5 Å². The van der Waals surface area contributed by atoms with Crippen LogP contribution < -0.4 is 42.8 Å². The molecule has 452 valence electrons. The Hall–Kier alpha value is -11.2. The van der Waals surface area contributed by atoms with Gasteiger partial charge in [-0.05, 0) is 179 Å². The van der Waals surface area contributed by atoms with Crippen molar-refractivity contribution in [2.24, 2.45) is 0 Å². The minimum Gasteiger partial charge on any atom is -0.871 e. The minimum atomic E-state index is -0.0110. The van der Waals surface area contributed by atoms with Crippen LogP contribution in [-0.2, 0) is 0 Å². The number of benzene rings is 14. The number of para-hydroxylation sites is 4. The molecule has 0 fully saturated rings. The molecular weight excluding hydrogens is 1170 g/mol. The van der Waals surface area contributed by atoms with Crippen LogP contribution in [0, 0.1) is 21.3 Å². The van der Waals surface area contributed by atoms with Gasteiger partial charge in [0.2, 0.25) is 0 Å². The van der Waals surface area contributed by atoms with Crippen molar-refractivity contribution < 1.29 is 42.8 Å². The molecule has 0 aliphatic heterocycles. The van der Waals surface area contributed by atoms with Crippen LogP contribution in [0.15, 0.2) is 328 Å². The van der Waals surface area contributed by atoms with Crippen LogP contribution in [0.3, 0.4) is 0 Å². The summed E-state index contributed by atoms with van der Waals surface area (Å²) < 4.78 is 2.26. The molecule has 4 aromatic heterocycles. The number of fused-ring (bicyclic) bond motifs is 9. The fraction of sp³-hybridized carbons (Fsp3) is 0.0225. The SMILES string of the molecule is Cc1cc(-c2ccccc2)c2ccc3c(-c4ccccc4)cc(C)nc3c2n1.[CH3-].[Li+].[Li+].[O-]c1cccc2cccnc12.c1ccc(-n2c(-c3ccc(-c4ccc5c(-c6ccc7ccccc7c6)c6ccccc6c(-c6ccc7ccccc7c6)c5c4)cc3)nc3ccccc32)cc1. The summed E-state index contributed by atoms with van der Waals surface area (Å²) in [5, 5.41) is 24.3. The van der Waals surface area contributed by atoms with E-state index in [-0.39, 0.29) is 50.9 Å². The van der Waals surface area contributed by atoms with Crippen molar-refractivity contribution in [1.82, 2.24) is 24.5 Å². The Labute approximate surface area is 588 Å². The van der Waals surface area contributed by atoms with E-state index in [1.807, 2.05) is 30.3 Å². The zero-order valence-electron chi connectivity index (χ0n) is 54.8. The number of hydrogen-bond acceptors (Lipinski definition) is 5. The van der Waals surface area contributed by atoms with Crippen LogP contribution in [0.4, 0.5) is 0 Å². The molecular formula is C89H63Li2N5O. The van der Waals surface area contributed by atoms with E-state index in [9.17, 15) is 5.11 Å². The van der Waals surface area contributed by atoms with Gasteiger partial charge in [0.1, 0.15) is 5.82 Å². The number of pyridine rings is 3. The summed E-state index contributed by atoms with van der Waals surface area (Å²) in [6.07, 6.45) is 1.63. The Morgan fingerprint density at radius 1 is 0.299 bits per heavy atom. The molecule has 0 saturated carbocycles. The fourth-order valence-electron chi connectivity index (χ4n) is 13.6. The summed E-state index contributed by atoms with van der Waals surface area (Å²) >= 11 is 0. The van der Waals surface area contributed by atoms with Gasteiger partial charge in [0.25, 0.3) is 0 Å². The van der Waals surface area contributed by atoms with Gasteiger partial charge in [-0.3, -0.25) is 19.5 Å². The third-order valence-electron chi connectivity index (χ3n) is 17.9. The Balaban J connectivity index is 0.000000167. The Kier molecular flexibility index (Phi) is 18.6. The van der Waals surface area contributed by atoms with Gasteiger partial charge in [0, 0.05) is 39.6 Å². The van der Waals surface area contributed by atoms with E-state index in [0.717, 1.165) is 72.3 Å². The first-order valence-corrected chi connectivity index (χ1v) is 31.8. The summed E-state index contributed by atoms with van der Waals surface area (Å²) in [6, 6.07) is 113. The van der Waals surface area contributed by atoms with E-state index < -0.39 is 0 Å². The molecule has 0 radical (unpaired) electrons. The zero-order valence-corrected chi connectivity index (χ0v) is 54.8. The monoisotopic (exact) mass is 1230 g/mol. The molecule has 0 aliphatic carbocycles. The summed E-state index contributed by atoms with van der Waals surface area (Å²) in [5.41, 5.74) is 20.9. The standard InChI is InChI=1S/C53H34N2.C26H20N2.C9H7NO.CH3.2Li/c1-2-16-44(17-3-1)55-50-21-11-10-20-49(50)54-53(55)38-26-22-37(23-27-38)41-30-31-47-48(34-41)52(43-29-25-36-13-5-7-15-40(36)33-43)46-19-9-8-18-45(46)51(47)42-28-24-35-12-4-6-14-39(35)32-42;1-17-15-23(19-9-5-3-6-10-19)21-13-14-22-24(20-11-7-4-8-12-20)16-18(2)28-26(22)25(21)27-17;11-8-5-1-3-7-4-2-6-10-9(7)8;;;/h1-34H;3-16H,1-2H3;1-6,11H;1H3;;/q;;;-1;2*+1/p-1. The van der Waals surface area contributed by atoms with Crippen molar-refractivity contribution in [2.45, 2.75) is 13.8 Å². The first kappa shape index (κ1) is 64.5. The molecule has 0 N–H and O–H groups in total. The summed E-state index contributed by atoms with van der Waals surface area (Å²) in [7, 11) is 0. The van der Waals surface area contributed by atoms with Gasteiger partial charge in [-0.15, -0.1) is 0 Å². The molecule has 0 bridgehead atoms. The fourth-order valence-corrected chi connectivity index (χ4v) is 13.6. The molecule has 8 heteroatoms. The van der Waals surface area contributed by atoms with E-state index in [1.165, 1.54) is 99.2 Å². The van der Waals surface area contributed by atoms with Gasteiger partial charge in [0.15, 0.2) is 0 Å². The molecule has 97 heavy (non-hydrogen) atoms. The van der Waals surface area contributed by atoms with E-state index in [4.69, 9.17) is 15.0 Å².